The number of hydrogen-bond acceptors (Lipinski definition) is 6. The molecule has 0 spiro atoms. The SMILES string of the molecule is CCCCCC/C=C\CCCC(=O)OCC(COC(=O)CCC/C=C\C/C=C\C/C=C\CCCCCCCC)OC(=O)CCCCC/C=C\CCCCCCCCC. The summed E-state index contributed by atoms with van der Waals surface area (Å²) >= 11 is 0. The molecule has 0 heterocycles. The maximum Gasteiger partial charge on any atom is 0.306 e. The van der Waals surface area contributed by atoms with Crippen molar-refractivity contribution in [3.05, 3.63) is 60.8 Å². The minimum Gasteiger partial charge on any atom is -0.462 e. The van der Waals surface area contributed by atoms with Crippen molar-refractivity contribution in [3.63, 3.8) is 0 Å². The summed E-state index contributed by atoms with van der Waals surface area (Å²) in [6.07, 6.45) is 56.5. The Kier molecular flexibility index (Phi) is 44.5. The van der Waals surface area contributed by atoms with Gasteiger partial charge in [0.2, 0.25) is 0 Å². The molecule has 0 aliphatic carbocycles. The minimum absolute atomic E-state index is 0.111. The molecule has 0 aromatic carbocycles. The lowest BCUT2D eigenvalue weighted by atomic mass is 10.1. The summed E-state index contributed by atoms with van der Waals surface area (Å²) in [5.41, 5.74) is 0. The van der Waals surface area contributed by atoms with Crippen LogP contribution in [0.15, 0.2) is 60.8 Å². The van der Waals surface area contributed by atoms with Gasteiger partial charge in [0, 0.05) is 19.3 Å². The number of ether oxygens (including phenoxy) is 3. The molecule has 1 atom stereocenters. The van der Waals surface area contributed by atoms with E-state index in [9.17, 15) is 14.4 Å². The first kappa shape index (κ1) is 55.1. The molecule has 58 heavy (non-hydrogen) atoms. The minimum atomic E-state index is -0.810. The Bertz CT molecular complexity index is 1070. The maximum atomic E-state index is 12.7. The molecule has 334 valence electrons. The van der Waals surface area contributed by atoms with Crippen molar-refractivity contribution in [2.75, 3.05) is 13.2 Å². The Hall–Kier alpha value is -2.89. The van der Waals surface area contributed by atoms with Gasteiger partial charge < -0.3 is 14.2 Å². The van der Waals surface area contributed by atoms with Gasteiger partial charge in [0.05, 0.1) is 0 Å². The predicted octanol–water partition coefficient (Wildman–Crippen LogP) is 15.7. The molecule has 0 aromatic rings. The third-order valence-electron chi connectivity index (χ3n) is 10.2. The molecule has 6 nitrogen and oxygen atoms in total. The molecule has 0 bridgehead atoms. The van der Waals surface area contributed by atoms with Gasteiger partial charge in [-0.2, -0.15) is 0 Å². The molecule has 0 saturated carbocycles. The second-order valence-corrected chi connectivity index (χ2v) is 16.0. The summed E-state index contributed by atoms with van der Waals surface area (Å²) in [4.78, 5) is 37.7. The fraction of sp³-hybridized carbons (Fsp3) is 0.750. The summed E-state index contributed by atoms with van der Waals surface area (Å²) in [5, 5.41) is 0. The Morgan fingerprint density at radius 1 is 0.345 bits per heavy atom. The second-order valence-electron chi connectivity index (χ2n) is 16.0. The molecule has 0 amide bonds. The Morgan fingerprint density at radius 2 is 0.638 bits per heavy atom. The van der Waals surface area contributed by atoms with E-state index >= 15 is 0 Å². The lowest BCUT2D eigenvalue weighted by Crippen LogP contribution is -2.30. The van der Waals surface area contributed by atoms with Crippen LogP contribution >= 0.6 is 0 Å². The third kappa shape index (κ3) is 44.2. The van der Waals surface area contributed by atoms with Crippen LogP contribution in [-0.2, 0) is 28.6 Å². The van der Waals surface area contributed by atoms with Gasteiger partial charge in [-0.05, 0) is 96.3 Å². The van der Waals surface area contributed by atoms with E-state index in [0.717, 1.165) is 64.2 Å². The molecular weight excluding hydrogens is 721 g/mol. The molecular formula is C52H90O6. The van der Waals surface area contributed by atoms with Crippen LogP contribution in [0.25, 0.3) is 0 Å². The molecule has 0 N–H and O–H groups in total. The molecule has 1 unspecified atom stereocenters. The molecule has 0 aromatic heterocycles. The number of rotatable bonds is 43. The van der Waals surface area contributed by atoms with Crippen LogP contribution in [0, 0.1) is 0 Å². The van der Waals surface area contributed by atoms with E-state index in [4.69, 9.17) is 14.2 Å². The van der Waals surface area contributed by atoms with E-state index in [1.807, 2.05) is 0 Å². The first-order valence-corrected chi connectivity index (χ1v) is 24.3. The zero-order chi connectivity index (χ0) is 42.3. The van der Waals surface area contributed by atoms with Gasteiger partial charge in [-0.15, -0.1) is 0 Å². The van der Waals surface area contributed by atoms with Crippen molar-refractivity contribution < 1.29 is 28.6 Å². The Morgan fingerprint density at radius 3 is 1.05 bits per heavy atom. The summed E-state index contributed by atoms with van der Waals surface area (Å²) in [5.74, 6) is -1.01. The van der Waals surface area contributed by atoms with Crippen molar-refractivity contribution in [2.45, 2.75) is 239 Å². The van der Waals surface area contributed by atoms with Gasteiger partial charge in [-0.25, -0.2) is 0 Å². The molecule has 0 aliphatic heterocycles. The fourth-order valence-corrected chi connectivity index (χ4v) is 6.51. The molecule has 0 fully saturated rings. The van der Waals surface area contributed by atoms with Crippen LogP contribution in [0.5, 0.6) is 0 Å². The van der Waals surface area contributed by atoms with Gasteiger partial charge >= 0.3 is 17.9 Å². The van der Waals surface area contributed by atoms with Crippen LogP contribution in [0.4, 0.5) is 0 Å². The van der Waals surface area contributed by atoms with E-state index in [-0.39, 0.29) is 37.5 Å². The fourth-order valence-electron chi connectivity index (χ4n) is 6.51. The Labute approximate surface area is 358 Å². The van der Waals surface area contributed by atoms with E-state index in [1.165, 1.54) is 116 Å². The van der Waals surface area contributed by atoms with E-state index in [1.54, 1.807) is 0 Å². The highest BCUT2D eigenvalue weighted by Crippen LogP contribution is 2.12. The number of unbranched alkanes of at least 4 members (excludes halogenated alkanes) is 22. The summed E-state index contributed by atoms with van der Waals surface area (Å²) < 4.78 is 16.6. The van der Waals surface area contributed by atoms with E-state index in [2.05, 4.69) is 81.5 Å². The van der Waals surface area contributed by atoms with Crippen molar-refractivity contribution in [2.24, 2.45) is 0 Å². The van der Waals surface area contributed by atoms with E-state index < -0.39 is 6.10 Å². The highest BCUT2D eigenvalue weighted by molar-refractivity contribution is 5.71. The first-order valence-electron chi connectivity index (χ1n) is 24.3. The number of carbonyl (C=O) groups is 3. The van der Waals surface area contributed by atoms with Gasteiger partial charge in [0.15, 0.2) is 6.10 Å². The summed E-state index contributed by atoms with van der Waals surface area (Å²) in [6.45, 7) is 6.50. The number of allylic oxidation sites excluding steroid dienone is 10. The zero-order valence-electron chi connectivity index (χ0n) is 38.0. The van der Waals surface area contributed by atoms with Gasteiger partial charge in [0.1, 0.15) is 13.2 Å². The van der Waals surface area contributed by atoms with Crippen LogP contribution in [-0.4, -0.2) is 37.2 Å². The number of carbonyl (C=O) groups excluding carboxylic acids is 3. The second kappa shape index (κ2) is 46.8. The van der Waals surface area contributed by atoms with Crippen molar-refractivity contribution in [1.82, 2.24) is 0 Å². The normalized spacial score (nSPS) is 12.5. The van der Waals surface area contributed by atoms with Crippen molar-refractivity contribution >= 4 is 17.9 Å². The van der Waals surface area contributed by atoms with Gasteiger partial charge in [0.25, 0.3) is 0 Å². The van der Waals surface area contributed by atoms with Crippen LogP contribution in [0.1, 0.15) is 233 Å². The highest BCUT2D eigenvalue weighted by Gasteiger charge is 2.19. The molecule has 0 radical (unpaired) electrons. The molecule has 6 heteroatoms. The quantitative estimate of drug-likeness (QED) is 0.0264. The summed E-state index contributed by atoms with van der Waals surface area (Å²) in [6, 6.07) is 0. The molecule has 0 rings (SSSR count). The highest BCUT2D eigenvalue weighted by atomic mass is 16.6. The van der Waals surface area contributed by atoms with Gasteiger partial charge in [-0.3, -0.25) is 14.4 Å². The smallest absolute Gasteiger partial charge is 0.306 e. The molecule has 0 aliphatic rings. The van der Waals surface area contributed by atoms with Crippen LogP contribution < -0.4 is 0 Å². The van der Waals surface area contributed by atoms with Crippen molar-refractivity contribution in [1.29, 1.82) is 0 Å². The topological polar surface area (TPSA) is 78.9 Å². The maximum absolute atomic E-state index is 12.7. The van der Waals surface area contributed by atoms with E-state index in [0.29, 0.717) is 25.7 Å². The average molecular weight is 811 g/mol. The predicted molar refractivity (Wildman–Crippen MR) is 247 cm³/mol. The van der Waals surface area contributed by atoms with Gasteiger partial charge in [-0.1, -0.05) is 178 Å². The molecule has 0 saturated heterocycles. The lowest BCUT2D eigenvalue weighted by molar-refractivity contribution is -0.167. The average Bonchev–Trinajstić information content (AvgIpc) is 3.22. The summed E-state index contributed by atoms with van der Waals surface area (Å²) in [7, 11) is 0. The third-order valence-corrected chi connectivity index (χ3v) is 10.2. The largest absolute Gasteiger partial charge is 0.462 e. The number of hydrogen-bond donors (Lipinski definition) is 0. The van der Waals surface area contributed by atoms with Crippen LogP contribution in [0.3, 0.4) is 0 Å². The number of esters is 3. The monoisotopic (exact) mass is 811 g/mol. The lowest BCUT2D eigenvalue weighted by Gasteiger charge is -2.18. The first-order chi connectivity index (χ1) is 28.5. The van der Waals surface area contributed by atoms with Crippen molar-refractivity contribution in [3.8, 4) is 0 Å². The Balaban J connectivity index is 4.46. The standard InChI is InChI=1S/C52H90O6/c1-4-7-10-13-16-19-21-23-25-26-27-29-30-33-36-39-42-45-51(54)57-48-49(47-56-50(53)44-41-38-35-32-18-15-12-9-6-3)58-52(55)46-43-40-37-34-31-28-24-22-20-17-14-11-8-5-2/h23,25,27-29,31-33,35-36,49H,4-22,24,26,30,34,37-48H2,1-3H3/b25-23-,29-27-,31-28-,35-32-,36-33-. The van der Waals surface area contributed by atoms with Crippen LogP contribution in [0.2, 0.25) is 0 Å². The zero-order valence-corrected chi connectivity index (χ0v) is 38.0.